The Balaban J connectivity index is 2.46. The summed E-state index contributed by atoms with van der Waals surface area (Å²) in [5, 5.41) is 12.9. The molecule has 0 radical (unpaired) electrons. The Morgan fingerprint density at radius 3 is 2.57 bits per heavy atom. The third-order valence-electron chi connectivity index (χ3n) is 3.04. The number of aliphatic carboxylic acids is 1. The molecule has 0 aliphatic carbocycles. The number of amides is 2. The van der Waals surface area contributed by atoms with Gasteiger partial charge in [0.05, 0.1) is 0 Å². The molecule has 2 amide bonds. The summed E-state index contributed by atoms with van der Waals surface area (Å²) in [7, 11) is 0. The lowest BCUT2D eigenvalue weighted by molar-refractivity contribution is -0.305. The number of carboxylic acid groups (broad SMARTS) is 1. The van der Waals surface area contributed by atoms with E-state index in [-0.39, 0.29) is 18.9 Å². The van der Waals surface area contributed by atoms with Gasteiger partial charge >= 0.3 is 6.09 Å². The first-order chi connectivity index (χ1) is 9.70. The molecule has 0 aromatic heterocycles. The average Bonchev–Trinajstić information content (AvgIpc) is 2.81. The van der Waals surface area contributed by atoms with Crippen LogP contribution >= 0.6 is 0 Å². The Hall–Kier alpha value is -1.79. The van der Waals surface area contributed by atoms with Gasteiger partial charge in [0.2, 0.25) is 5.91 Å². The molecule has 7 nitrogen and oxygen atoms in total. The summed E-state index contributed by atoms with van der Waals surface area (Å²) in [5.74, 6) is -1.41. The van der Waals surface area contributed by atoms with Crippen LogP contribution in [-0.2, 0) is 14.3 Å². The summed E-state index contributed by atoms with van der Waals surface area (Å²) in [6.07, 6.45) is 1.06. The Kier molecular flexibility index (Phi) is 5.99. The lowest BCUT2D eigenvalue weighted by atomic mass is 10.2. The molecule has 0 aromatic rings. The zero-order valence-corrected chi connectivity index (χ0v) is 12.8. The minimum atomic E-state index is -1.14. The van der Waals surface area contributed by atoms with Gasteiger partial charge in [0, 0.05) is 19.1 Å². The van der Waals surface area contributed by atoms with Crippen molar-refractivity contribution in [3.8, 4) is 0 Å². The smallest absolute Gasteiger partial charge is 0.410 e. The highest BCUT2D eigenvalue weighted by molar-refractivity contribution is 5.86. The molecule has 1 rings (SSSR count). The largest absolute Gasteiger partial charge is 0.550 e. The molecule has 1 heterocycles. The maximum atomic E-state index is 12.0. The van der Waals surface area contributed by atoms with Crippen molar-refractivity contribution in [1.82, 2.24) is 10.2 Å². The van der Waals surface area contributed by atoms with Crippen LogP contribution in [0.25, 0.3) is 0 Å². The molecule has 0 saturated carbocycles. The van der Waals surface area contributed by atoms with Crippen LogP contribution in [0, 0.1) is 0 Å². The molecule has 1 atom stereocenters. The van der Waals surface area contributed by atoms with Crippen molar-refractivity contribution in [2.45, 2.75) is 58.1 Å². The highest BCUT2D eigenvalue weighted by Crippen LogP contribution is 2.20. The van der Waals surface area contributed by atoms with Crippen LogP contribution in [0.3, 0.4) is 0 Å². The average molecular weight is 299 g/mol. The number of nitrogens with one attached hydrogen (secondary N) is 1. The highest BCUT2D eigenvalue weighted by Gasteiger charge is 2.36. The molecule has 21 heavy (non-hydrogen) atoms. The van der Waals surface area contributed by atoms with Crippen molar-refractivity contribution in [2.24, 2.45) is 0 Å². The van der Waals surface area contributed by atoms with Gasteiger partial charge in [-0.1, -0.05) is 0 Å². The molecule has 120 valence electrons. The second-order valence-corrected chi connectivity index (χ2v) is 6.10. The number of carboxylic acids is 1. The third-order valence-corrected chi connectivity index (χ3v) is 3.04. The van der Waals surface area contributed by atoms with Gasteiger partial charge in [-0.15, -0.1) is 0 Å². The molecule has 0 aromatic carbocycles. The van der Waals surface area contributed by atoms with E-state index in [9.17, 15) is 19.5 Å². The minimum absolute atomic E-state index is 0.0965. The maximum Gasteiger partial charge on any atom is 0.410 e. The summed E-state index contributed by atoms with van der Waals surface area (Å²) in [6, 6.07) is -0.539. The molecule has 1 saturated heterocycles. The van der Waals surface area contributed by atoms with Crippen LogP contribution in [0.1, 0.15) is 46.5 Å². The molecular weight excluding hydrogens is 276 g/mol. The highest BCUT2D eigenvalue weighted by atomic mass is 16.6. The molecule has 1 N–H and O–H groups in total. The predicted molar refractivity (Wildman–Crippen MR) is 73.2 cm³/mol. The van der Waals surface area contributed by atoms with E-state index in [1.165, 1.54) is 4.90 Å². The number of likely N-dealkylation sites (tertiary alicyclic amines) is 1. The van der Waals surface area contributed by atoms with Gasteiger partial charge < -0.3 is 20.0 Å². The van der Waals surface area contributed by atoms with E-state index >= 15 is 0 Å². The predicted octanol–water partition coefficient (Wildman–Crippen LogP) is 0.0322. The molecule has 1 fully saturated rings. The van der Waals surface area contributed by atoms with E-state index in [2.05, 4.69) is 5.32 Å². The first-order valence-corrected chi connectivity index (χ1v) is 7.18. The number of hydrogen-bond donors (Lipinski definition) is 1. The lowest BCUT2D eigenvalue weighted by Crippen LogP contribution is -2.47. The fourth-order valence-electron chi connectivity index (χ4n) is 2.14. The number of nitrogens with zero attached hydrogens (tertiary/aromatic N) is 1. The zero-order chi connectivity index (χ0) is 16.0. The van der Waals surface area contributed by atoms with Crippen molar-refractivity contribution in [2.75, 3.05) is 13.1 Å². The maximum absolute atomic E-state index is 12.0. The summed E-state index contributed by atoms with van der Waals surface area (Å²) >= 11 is 0. The minimum Gasteiger partial charge on any atom is -0.550 e. The number of carbonyl (C=O) groups is 3. The first-order valence-electron chi connectivity index (χ1n) is 7.18. The Morgan fingerprint density at radius 2 is 2.00 bits per heavy atom. The number of rotatable bonds is 5. The molecule has 7 heteroatoms. The van der Waals surface area contributed by atoms with E-state index in [0.29, 0.717) is 19.4 Å². The van der Waals surface area contributed by atoms with E-state index in [0.717, 1.165) is 6.42 Å². The van der Waals surface area contributed by atoms with E-state index in [1.807, 2.05) is 0 Å². The molecule has 0 spiro atoms. The zero-order valence-electron chi connectivity index (χ0n) is 12.8. The second kappa shape index (κ2) is 7.28. The van der Waals surface area contributed by atoms with E-state index < -0.39 is 23.7 Å². The van der Waals surface area contributed by atoms with Crippen molar-refractivity contribution in [3.63, 3.8) is 0 Å². The van der Waals surface area contributed by atoms with Gasteiger partial charge in [-0.05, 0) is 46.5 Å². The van der Waals surface area contributed by atoms with E-state index in [1.54, 1.807) is 20.8 Å². The monoisotopic (exact) mass is 299 g/mol. The SMILES string of the molecule is CC(C)(C)OC(=O)N1CCC[C@H]1C(=O)NCCCC(=O)[O-]. The van der Waals surface area contributed by atoms with Crippen molar-refractivity contribution >= 4 is 18.0 Å². The molecular formula is C14H23N2O5-. The van der Waals surface area contributed by atoms with Crippen LogP contribution in [0.5, 0.6) is 0 Å². The fraction of sp³-hybridized carbons (Fsp3) is 0.786. The first kappa shape index (κ1) is 17.3. The van der Waals surface area contributed by atoms with E-state index in [4.69, 9.17) is 4.74 Å². The molecule has 0 unspecified atom stereocenters. The Morgan fingerprint density at radius 1 is 1.33 bits per heavy atom. The van der Waals surface area contributed by atoms with Crippen molar-refractivity contribution in [3.05, 3.63) is 0 Å². The third kappa shape index (κ3) is 6.01. The fourth-order valence-corrected chi connectivity index (χ4v) is 2.14. The van der Waals surface area contributed by atoms with Crippen molar-refractivity contribution in [1.29, 1.82) is 0 Å². The molecule has 1 aliphatic heterocycles. The lowest BCUT2D eigenvalue weighted by Gasteiger charge is -2.28. The topological polar surface area (TPSA) is 98.8 Å². The molecule has 1 aliphatic rings. The van der Waals surface area contributed by atoms with Gasteiger partial charge in [-0.25, -0.2) is 4.79 Å². The van der Waals surface area contributed by atoms with Gasteiger partial charge in [0.15, 0.2) is 0 Å². The normalized spacial score (nSPS) is 18.4. The Bertz CT molecular complexity index is 403. The Labute approximate surface area is 124 Å². The quantitative estimate of drug-likeness (QED) is 0.722. The summed E-state index contributed by atoms with van der Waals surface area (Å²) in [6.45, 7) is 6.07. The van der Waals surface area contributed by atoms with Gasteiger partial charge in [0.1, 0.15) is 11.6 Å². The second-order valence-electron chi connectivity index (χ2n) is 6.10. The van der Waals surface area contributed by atoms with Gasteiger partial charge in [-0.2, -0.15) is 0 Å². The van der Waals surface area contributed by atoms with Gasteiger partial charge in [-0.3, -0.25) is 9.69 Å². The molecule has 0 bridgehead atoms. The summed E-state index contributed by atoms with van der Waals surface area (Å²) in [5.41, 5.74) is -0.602. The van der Waals surface area contributed by atoms with Crippen LogP contribution in [0.2, 0.25) is 0 Å². The van der Waals surface area contributed by atoms with Crippen LogP contribution < -0.4 is 10.4 Å². The summed E-state index contributed by atoms with van der Waals surface area (Å²) in [4.78, 5) is 35.8. The number of ether oxygens (including phenoxy) is 1. The van der Waals surface area contributed by atoms with Crippen LogP contribution in [-0.4, -0.2) is 47.6 Å². The van der Waals surface area contributed by atoms with Crippen LogP contribution in [0.15, 0.2) is 0 Å². The number of carbonyl (C=O) groups excluding carboxylic acids is 3. The summed E-state index contributed by atoms with van der Waals surface area (Å²) < 4.78 is 5.28. The van der Waals surface area contributed by atoms with Gasteiger partial charge in [0.25, 0.3) is 0 Å². The number of hydrogen-bond acceptors (Lipinski definition) is 5. The standard InChI is InChI=1S/C14H24N2O5/c1-14(2,3)21-13(20)16-9-5-6-10(16)12(19)15-8-4-7-11(17)18/h10H,4-9H2,1-3H3,(H,15,19)(H,17,18)/p-1/t10-/m0/s1. The van der Waals surface area contributed by atoms with Crippen LogP contribution in [0.4, 0.5) is 4.79 Å². The van der Waals surface area contributed by atoms with Crippen molar-refractivity contribution < 1.29 is 24.2 Å².